The van der Waals surface area contributed by atoms with Crippen molar-refractivity contribution in [1.82, 2.24) is 14.3 Å². The van der Waals surface area contributed by atoms with Crippen LogP contribution < -0.4 is 10.0 Å². The van der Waals surface area contributed by atoms with E-state index in [4.69, 9.17) is 0 Å². The van der Waals surface area contributed by atoms with Crippen LogP contribution in [0.3, 0.4) is 0 Å². The Morgan fingerprint density at radius 2 is 1.88 bits per heavy atom. The van der Waals surface area contributed by atoms with Crippen molar-refractivity contribution in [2.75, 3.05) is 32.7 Å². The van der Waals surface area contributed by atoms with E-state index >= 15 is 0 Å². The van der Waals surface area contributed by atoms with Crippen molar-refractivity contribution in [2.45, 2.75) is 33.1 Å². The molecule has 1 fully saturated rings. The Bertz CT molecular complexity index is 298. The van der Waals surface area contributed by atoms with Gasteiger partial charge in [-0.25, -0.2) is 4.72 Å². The monoisotopic (exact) mass is 263 g/mol. The second-order valence-electron chi connectivity index (χ2n) is 4.94. The largest absolute Gasteiger partial charge is 0.314 e. The highest BCUT2D eigenvalue weighted by molar-refractivity contribution is 7.87. The van der Waals surface area contributed by atoms with Crippen molar-refractivity contribution < 1.29 is 8.42 Å². The van der Waals surface area contributed by atoms with Crippen molar-refractivity contribution in [3.8, 4) is 0 Å². The van der Waals surface area contributed by atoms with Crippen LogP contribution in [0.5, 0.6) is 0 Å². The number of rotatable bonds is 7. The van der Waals surface area contributed by atoms with Gasteiger partial charge in [0.1, 0.15) is 0 Å². The SMILES string of the molecule is CC(C)CCCCNS(=O)(=O)N1CCNCC1. The fourth-order valence-corrected chi connectivity index (χ4v) is 3.10. The lowest BCUT2D eigenvalue weighted by atomic mass is 10.1. The van der Waals surface area contributed by atoms with E-state index in [1.165, 1.54) is 4.31 Å². The summed E-state index contributed by atoms with van der Waals surface area (Å²) in [5.74, 6) is 0.694. The van der Waals surface area contributed by atoms with Gasteiger partial charge in [-0.05, 0) is 12.3 Å². The highest BCUT2D eigenvalue weighted by Crippen LogP contribution is 2.06. The fraction of sp³-hybridized carbons (Fsp3) is 1.00. The van der Waals surface area contributed by atoms with Gasteiger partial charge in [-0.15, -0.1) is 0 Å². The van der Waals surface area contributed by atoms with Crippen LogP contribution in [0.4, 0.5) is 0 Å². The molecule has 0 aromatic carbocycles. The van der Waals surface area contributed by atoms with Crippen molar-refractivity contribution in [3.05, 3.63) is 0 Å². The molecule has 2 N–H and O–H groups in total. The normalized spacial score (nSPS) is 18.8. The van der Waals surface area contributed by atoms with Gasteiger partial charge in [-0.2, -0.15) is 12.7 Å². The van der Waals surface area contributed by atoms with Crippen molar-refractivity contribution >= 4 is 10.2 Å². The molecule has 0 atom stereocenters. The Kier molecular flexibility index (Phi) is 6.40. The molecule has 5 nitrogen and oxygen atoms in total. The zero-order valence-corrected chi connectivity index (χ0v) is 11.7. The van der Waals surface area contributed by atoms with E-state index in [1.54, 1.807) is 0 Å². The summed E-state index contributed by atoms with van der Waals surface area (Å²) >= 11 is 0. The summed E-state index contributed by atoms with van der Waals surface area (Å²) in [4.78, 5) is 0. The summed E-state index contributed by atoms with van der Waals surface area (Å²) in [6, 6.07) is 0. The molecule has 1 heterocycles. The van der Waals surface area contributed by atoms with Gasteiger partial charge in [0.05, 0.1) is 0 Å². The molecular formula is C11H25N3O2S. The first-order valence-corrected chi connectivity index (χ1v) is 7.92. The molecule has 0 amide bonds. The predicted octanol–water partition coefficient (Wildman–Crippen LogP) is 0.552. The van der Waals surface area contributed by atoms with Crippen LogP contribution in [0.2, 0.25) is 0 Å². The topological polar surface area (TPSA) is 61.4 Å². The highest BCUT2D eigenvalue weighted by Gasteiger charge is 2.22. The second-order valence-corrected chi connectivity index (χ2v) is 6.69. The molecule has 1 aliphatic heterocycles. The van der Waals surface area contributed by atoms with Crippen molar-refractivity contribution in [2.24, 2.45) is 5.92 Å². The van der Waals surface area contributed by atoms with E-state index in [1.807, 2.05) is 0 Å². The Hall–Kier alpha value is -0.170. The van der Waals surface area contributed by atoms with Gasteiger partial charge in [0.25, 0.3) is 10.2 Å². The van der Waals surface area contributed by atoms with E-state index in [9.17, 15) is 8.42 Å². The zero-order chi connectivity index (χ0) is 12.7. The third kappa shape index (κ3) is 5.81. The number of nitrogens with one attached hydrogen (secondary N) is 2. The minimum absolute atomic E-state index is 0.555. The molecule has 1 aliphatic rings. The fourth-order valence-electron chi connectivity index (χ4n) is 1.85. The van der Waals surface area contributed by atoms with Crippen LogP contribution in [0.25, 0.3) is 0 Å². The minimum Gasteiger partial charge on any atom is -0.314 e. The number of piperazine rings is 1. The molecule has 102 valence electrons. The first-order chi connectivity index (χ1) is 8.02. The molecule has 17 heavy (non-hydrogen) atoms. The lowest BCUT2D eigenvalue weighted by molar-refractivity contribution is 0.354. The first kappa shape index (κ1) is 14.9. The van der Waals surface area contributed by atoms with Crippen LogP contribution in [-0.2, 0) is 10.2 Å². The smallest absolute Gasteiger partial charge is 0.279 e. The van der Waals surface area contributed by atoms with E-state index in [0.29, 0.717) is 25.6 Å². The Morgan fingerprint density at radius 1 is 1.24 bits per heavy atom. The number of hydrogen-bond acceptors (Lipinski definition) is 3. The molecule has 0 aromatic rings. The maximum Gasteiger partial charge on any atom is 0.279 e. The van der Waals surface area contributed by atoms with Crippen LogP contribution >= 0.6 is 0 Å². The van der Waals surface area contributed by atoms with E-state index < -0.39 is 10.2 Å². The van der Waals surface area contributed by atoms with Gasteiger partial charge in [0.15, 0.2) is 0 Å². The average Bonchev–Trinajstić information content (AvgIpc) is 2.29. The summed E-state index contributed by atoms with van der Waals surface area (Å²) in [5, 5.41) is 3.14. The molecule has 0 unspecified atom stereocenters. The van der Waals surface area contributed by atoms with Gasteiger partial charge < -0.3 is 5.32 Å². The van der Waals surface area contributed by atoms with Gasteiger partial charge in [-0.3, -0.25) is 0 Å². The van der Waals surface area contributed by atoms with E-state index in [2.05, 4.69) is 23.9 Å². The van der Waals surface area contributed by atoms with E-state index in [0.717, 1.165) is 32.4 Å². The van der Waals surface area contributed by atoms with Gasteiger partial charge in [-0.1, -0.05) is 26.7 Å². The highest BCUT2D eigenvalue weighted by atomic mass is 32.2. The molecule has 0 radical (unpaired) electrons. The Morgan fingerprint density at radius 3 is 2.47 bits per heavy atom. The molecule has 1 rings (SSSR count). The maximum atomic E-state index is 11.9. The summed E-state index contributed by atoms with van der Waals surface area (Å²) < 4.78 is 27.9. The third-order valence-electron chi connectivity index (χ3n) is 2.91. The minimum atomic E-state index is -3.24. The average molecular weight is 263 g/mol. The molecule has 0 aliphatic carbocycles. The maximum absolute atomic E-state index is 11.9. The molecule has 1 saturated heterocycles. The standard InChI is InChI=1S/C11H25N3O2S/c1-11(2)5-3-4-6-13-17(15,16)14-9-7-12-8-10-14/h11-13H,3-10H2,1-2H3. The van der Waals surface area contributed by atoms with Crippen LogP contribution in [0.1, 0.15) is 33.1 Å². The summed E-state index contributed by atoms with van der Waals surface area (Å²) in [6.07, 6.45) is 3.17. The number of unbranched alkanes of at least 4 members (excludes halogenated alkanes) is 1. The lowest BCUT2D eigenvalue weighted by Gasteiger charge is -2.26. The van der Waals surface area contributed by atoms with Crippen LogP contribution in [0.15, 0.2) is 0 Å². The second kappa shape index (κ2) is 7.31. The van der Waals surface area contributed by atoms with Crippen molar-refractivity contribution in [1.29, 1.82) is 0 Å². The summed E-state index contributed by atoms with van der Waals surface area (Å²) in [5.41, 5.74) is 0. The first-order valence-electron chi connectivity index (χ1n) is 6.48. The lowest BCUT2D eigenvalue weighted by Crippen LogP contribution is -2.50. The molecule has 0 saturated carbocycles. The Labute approximate surface area is 105 Å². The predicted molar refractivity (Wildman–Crippen MR) is 70.1 cm³/mol. The van der Waals surface area contributed by atoms with Crippen LogP contribution in [0, 0.1) is 5.92 Å². The van der Waals surface area contributed by atoms with Crippen LogP contribution in [-0.4, -0.2) is 45.4 Å². The van der Waals surface area contributed by atoms with Gasteiger partial charge in [0.2, 0.25) is 0 Å². The number of nitrogens with zero attached hydrogens (tertiary/aromatic N) is 1. The summed E-state index contributed by atoms with van der Waals surface area (Å²) in [7, 11) is -3.24. The zero-order valence-electron chi connectivity index (χ0n) is 10.9. The molecule has 0 spiro atoms. The quantitative estimate of drug-likeness (QED) is 0.660. The summed E-state index contributed by atoms with van der Waals surface area (Å²) in [6.45, 7) is 7.56. The van der Waals surface area contributed by atoms with Gasteiger partial charge in [0, 0.05) is 32.7 Å². The van der Waals surface area contributed by atoms with Gasteiger partial charge >= 0.3 is 0 Å². The third-order valence-corrected chi connectivity index (χ3v) is 4.52. The van der Waals surface area contributed by atoms with Crippen molar-refractivity contribution in [3.63, 3.8) is 0 Å². The molecule has 0 aromatic heterocycles. The number of hydrogen-bond donors (Lipinski definition) is 2. The molecule has 6 heteroatoms. The molecular weight excluding hydrogens is 238 g/mol. The Balaban J connectivity index is 2.20. The van der Waals surface area contributed by atoms with E-state index in [-0.39, 0.29) is 0 Å². The molecule has 0 bridgehead atoms.